The fraction of sp³-hybridized carbons (Fsp3) is 0.429. The molecule has 0 radical (unpaired) electrons. The maximum absolute atomic E-state index is 10.5. The third kappa shape index (κ3) is 3.86. The zero-order valence-electron chi connectivity index (χ0n) is 14.9. The number of ether oxygens (including phenoxy) is 1. The largest absolute Gasteiger partial charge is 0.387 e. The van der Waals surface area contributed by atoms with Gasteiger partial charge in [-0.1, -0.05) is 42.0 Å². The molecule has 0 unspecified atom stereocenters. The normalized spacial score (nSPS) is 17.0. The van der Waals surface area contributed by atoms with Crippen molar-refractivity contribution in [2.24, 2.45) is 0 Å². The van der Waals surface area contributed by atoms with Gasteiger partial charge in [0.25, 0.3) is 0 Å². The Bertz CT molecular complexity index is 664. The minimum Gasteiger partial charge on any atom is -0.387 e. The quantitative estimate of drug-likeness (QED) is 0.931. The maximum atomic E-state index is 10.5. The lowest BCUT2D eigenvalue weighted by Gasteiger charge is -2.28. The van der Waals surface area contributed by atoms with E-state index >= 15 is 0 Å². The second-order valence-electron chi connectivity index (χ2n) is 6.82. The summed E-state index contributed by atoms with van der Waals surface area (Å²) < 4.78 is 5.36. The highest BCUT2D eigenvalue weighted by atomic mass is 16.5. The molecule has 1 N–H and O–H groups in total. The molecule has 1 aliphatic heterocycles. The van der Waals surface area contributed by atoms with E-state index in [0.717, 1.165) is 31.9 Å². The molecule has 1 fully saturated rings. The second-order valence-corrected chi connectivity index (χ2v) is 6.82. The van der Waals surface area contributed by atoms with Crippen LogP contribution < -0.4 is 0 Å². The highest BCUT2D eigenvalue weighted by Crippen LogP contribution is 2.29. The first kappa shape index (κ1) is 17.2. The number of aryl methyl sites for hydroxylation is 3. The van der Waals surface area contributed by atoms with E-state index in [2.05, 4.69) is 62.1 Å². The number of aliphatic hydroxyl groups is 1. The Labute approximate surface area is 144 Å². The Balaban J connectivity index is 1.75. The van der Waals surface area contributed by atoms with Crippen molar-refractivity contribution in [3.8, 4) is 11.1 Å². The van der Waals surface area contributed by atoms with Gasteiger partial charge in [0.1, 0.15) is 0 Å². The molecule has 1 heterocycles. The van der Waals surface area contributed by atoms with Crippen LogP contribution in [0.3, 0.4) is 0 Å². The Morgan fingerprint density at radius 3 is 2.17 bits per heavy atom. The van der Waals surface area contributed by atoms with Crippen LogP contribution >= 0.6 is 0 Å². The predicted octanol–water partition coefficient (Wildman–Crippen LogP) is 3.64. The molecule has 0 saturated carbocycles. The molecule has 0 aromatic heterocycles. The van der Waals surface area contributed by atoms with Crippen molar-refractivity contribution in [2.75, 3.05) is 32.8 Å². The molecule has 3 rings (SSSR count). The number of hydrogen-bond donors (Lipinski definition) is 1. The van der Waals surface area contributed by atoms with Crippen molar-refractivity contribution in [3.05, 3.63) is 58.7 Å². The number of morpholine rings is 1. The van der Waals surface area contributed by atoms with Crippen LogP contribution in [0.4, 0.5) is 0 Å². The van der Waals surface area contributed by atoms with E-state index in [1.807, 2.05) is 0 Å². The van der Waals surface area contributed by atoms with Crippen LogP contribution in [0.1, 0.15) is 28.4 Å². The zero-order chi connectivity index (χ0) is 17.1. The van der Waals surface area contributed by atoms with Crippen molar-refractivity contribution in [1.29, 1.82) is 0 Å². The van der Waals surface area contributed by atoms with Crippen LogP contribution in [-0.2, 0) is 4.74 Å². The van der Waals surface area contributed by atoms with Crippen molar-refractivity contribution in [1.82, 2.24) is 4.90 Å². The highest BCUT2D eigenvalue weighted by molar-refractivity contribution is 5.71. The minimum absolute atomic E-state index is 0.447. The number of β-amino-alcohol motifs (C(OH)–C–C–N with tert-alkyl or cyclic N) is 1. The van der Waals surface area contributed by atoms with Crippen LogP contribution in [0.25, 0.3) is 11.1 Å². The molecular formula is C21H27NO2. The topological polar surface area (TPSA) is 32.7 Å². The summed E-state index contributed by atoms with van der Waals surface area (Å²) in [6.07, 6.45) is -0.447. The number of benzene rings is 2. The van der Waals surface area contributed by atoms with Gasteiger partial charge >= 0.3 is 0 Å². The Morgan fingerprint density at radius 2 is 1.58 bits per heavy atom. The van der Waals surface area contributed by atoms with Crippen molar-refractivity contribution in [3.63, 3.8) is 0 Å². The molecule has 1 saturated heterocycles. The van der Waals surface area contributed by atoms with E-state index in [0.29, 0.717) is 6.54 Å². The first-order valence-corrected chi connectivity index (χ1v) is 8.71. The van der Waals surface area contributed by atoms with Crippen LogP contribution in [0.5, 0.6) is 0 Å². The highest BCUT2D eigenvalue weighted by Gasteiger charge is 2.16. The summed E-state index contributed by atoms with van der Waals surface area (Å²) in [5, 5.41) is 10.5. The molecule has 0 spiro atoms. The minimum atomic E-state index is -0.447. The molecule has 0 bridgehead atoms. The second kappa shape index (κ2) is 7.47. The number of nitrogens with zero attached hydrogens (tertiary/aromatic N) is 1. The fourth-order valence-electron chi connectivity index (χ4n) is 3.64. The van der Waals surface area contributed by atoms with Gasteiger partial charge < -0.3 is 9.84 Å². The summed E-state index contributed by atoms with van der Waals surface area (Å²) in [7, 11) is 0. The van der Waals surface area contributed by atoms with Crippen LogP contribution in [-0.4, -0.2) is 42.9 Å². The molecule has 3 nitrogen and oxygen atoms in total. The van der Waals surface area contributed by atoms with Gasteiger partial charge in [-0.15, -0.1) is 0 Å². The summed E-state index contributed by atoms with van der Waals surface area (Å²) in [5.74, 6) is 0. The Kier molecular flexibility index (Phi) is 5.34. The lowest BCUT2D eigenvalue weighted by atomic mass is 9.93. The molecular weight excluding hydrogens is 298 g/mol. The summed E-state index contributed by atoms with van der Waals surface area (Å²) in [6.45, 7) is 10.5. The Hall–Kier alpha value is -1.68. The summed E-state index contributed by atoms with van der Waals surface area (Å²) >= 11 is 0. The maximum Gasteiger partial charge on any atom is 0.0916 e. The lowest BCUT2D eigenvalue weighted by molar-refractivity contribution is 0.0143. The molecule has 128 valence electrons. The van der Waals surface area contributed by atoms with Gasteiger partial charge in [0, 0.05) is 19.6 Å². The van der Waals surface area contributed by atoms with E-state index < -0.39 is 6.10 Å². The molecule has 3 heteroatoms. The standard InChI is InChI=1S/C21H27NO2/c1-15-12-16(2)21(17(3)13-15)19-6-4-18(5-7-19)20(23)14-22-8-10-24-11-9-22/h4-7,12-13,20,23H,8-11,14H2,1-3H3/t20-/m0/s1. The average molecular weight is 325 g/mol. The predicted molar refractivity (Wildman–Crippen MR) is 98.3 cm³/mol. The molecule has 2 aromatic rings. The van der Waals surface area contributed by atoms with Crippen molar-refractivity contribution >= 4 is 0 Å². The van der Waals surface area contributed by atoms with Crippen molar-refractivity contribution < 1.29 is 9.84 Å². The van der Waals surface area contributed by atoms with Crippen molar-refractivity contribution in [2.45, 2.75) is 26.9 Å². The fourth-order valence-corrected chi connectivity index (χ4v) is 3.64. The third-order valence-electron chi connectivity index (χ3n) is 4.80. The average Bonchev–Trinajstić information content (AvgIpc) is 2.55. The van der Waals surface area contributed by atoms with Gasteiger partial charge in [-0.2, -0.15) is 0 Å². The van der Waals surface area contributed by atoms with E-state index in [-0.39, 0.29) is 0 Å². The van der Waals surface area contributed by atoms with Gasteiger partial charge in [-0.25, -0.2) is 0 Å². The smallest absolute Gasteiger partial charge is 0.0916 e. The van der Waals surface area contributed by atoms with Gasteiger partial charge in [-0.3, -0.25) is 4.90 Å². The Morgan fingerprint density at radius 1 is 1.00 bits per heavy atom. The summed E-state index contributed by atoms with van der Waals surface area (Å²) in [6, 6.07) is 12.8. The van der Waals surface area contributed by atoms with Crippen LogP contribution in [0, 0.1) is 20.8 Å². The summed E-state index contributed by atoms with van der Waals surface area (Å²) in [4.78, 5) is 2.26. The molecule has 1 aliphatic rings. The SMILES string of the molecule is Cc1cc(C)c(-c2ccc([C@@H](O)CN3CCOCC3)cc2)c(C)c1. The zero-order valence-corrected chi connectivity index (χ0v) is 14.9. The monoisotopic (exact) mass is 325 g/mol. The number of aliphatic hydroxyl groups excluding tert-OH is 1. The van der Waals surface area contributed by atoms with Gasteiger partial charge in [0.15, 0.2) is 0 Å². The van der Waals surface area contributed by atoms with Gasteiger partial charge in [-0.05, 0) is 48.6 Å². The van der Waals surface area contributed by atoms with E-state index in [1.165, 1.54) is 27.8 Å². The molecule has 0 aliphatic carbocycles. The third-order valence-corrected chi connectivity index (χ3v) is 4.80. The summed E-state index contributed by atoms with van der Waals surface area (Å²) in [5.41, 5.74) is 7.39. The van der Waals surface area contributed by atoms with Gasteiger partial charge in [0.2, 0.25) is 0 Å². The first-order chi connectivity index (χ1) is 11.5. The van der Waals surface area contributed by atoms with E-state index in [9.17, 15) is 5.11 Å². The van der Waals surface area contributed by atoms with Gasteiger partial charge in [0.05, 0.1) is 19.3 Å². The molecule has 1 atom stereocenters. The van der Waals surface area contributed by atoms with Crippen LogP contribution in [0.2, 0.25) is 0 Å². The molecule has 2 aromatic carbocycles. The molecule has 0 amide bonds. The first-order valence-electron chi connectivity index (χ1n) is 8.71. The van der Waals surface area contributed by atoms with E-state index in [1.54, 1.807) is 0 Å². The van der Waals surface area contributed by atoms with E-state index in [4.69, 9.17) is 4.74 Å². The lowest BCUT2D eigenvalue weighted by Crippen LogP contribution is -2.38. The van der Waals surface area contributed by atoms with Crippen LogP contribution in [0.15, 0.2) is 36.4 Å². The molecule has 24 heavy (non-hydrogen) atoms. The number of hydrogen-bond acceptors (Lipinski definition) is 3. The number of rotatable bonds is 4.